The Labute approximate surface area is 109 Å². The van der Waals surface area contributed by atoms with Crippen LogP contribution in [0.15, 0.2) is 0 Å². The van der Waals surface area contributed by atoms with Gasteiger partial charge in [0.05, 0.1) is 19.8 Å². The topological polar surface area (TPSA) is 69.9 Å². The van der Waals surface area contributed by atoms with Crippen molar-refractivity contribution in [1.29, 1.82) is 0 Å². The first-order valence-electron chi connectivity index (χ1n) is 5.06. The van der Waals surface area contributed by atoms with Gasteiger partial charge >= 0.3 is 0 Å². The van der Waals surface area contributed by atoms with Gasteiger partial charge in [-0.2, -0.15) is 0 Å². The van der Waals surface area contributed by atoms with Crippen molar-refractivity contribution in [2.24, 2.45) is 5.41 Å². The molecule has 0 heterocycles. The maximum Gasteiger partial charge on any atom is 0.0531 e. The maximum atomic E-state index is 8.66. The third kappa shape index (κ3) is 18.1. The predicted molar refractivity (Wildman–Crippen MR) is 69.4 cm³/mol. The lowest BCUT2D eigenvalue weighted by Crippen LogP contribution is -2.32. The van der Waals surface area contributed by atoms with Crippen molar-refractivity contribution in [3.8, 4) is 0 Å². The molecule has 0 spiro atoms. The molecule has 115 valence electrons. The van der Waals surface area contributed by atoms with Crippen molar-refractivity contribution in [1.82, 2.24) is 0 Å². The Morgan fingerprint density at radius 1 is 0.778 bits per heavy atom. The van der Waals surface area contributed by atoms with E-state index in [1.807, 2.05) is 20.8 Å². The summed E-state index contributed by atoms with van der Waals surface area (Å²) in [6.07, 6.45) is 0.594. The molecule has 0 atom stereocenters. The average molecular weight is 279 g/mol. The molecule has 0 aliphatic rings. The molecule has 0 aliphatic carbocycles. The highest BCUT2D eigenvalue weighted by Crippen LogP contribution is 2.18. The van der Waals surface area contributed by atoms with Crippen molar-refractivity contribution in [2.75, 3.05) is 33.0 Å². The van der Waals surface area contributed by atoms with E-state index in [0.29, 0.717) is 6.42 Å². The third-order valence-corrected chi connectivity index (χ3v) is 2.16. The number of halogens is 3. The lowest BCUT2D eigenvalue weighted by molar-refractivity contribution is 0.00304. The molecule has 4 nitrogen and oxygen atoms in total. The minimum Gasteiger partial charge on any atom is -0.396 e. The van der Waals surface area contributed by atoms with Gasteiger partial charge in [-0.25, -0.2) is 0 Å². The molecule has 0 bridgehead atoms. The molecule has 0 aromatic carbocycles. The minimum atomic E-state index is -0.667. The van der Waals surface area contributed by atoms with Gasteiger partial charge in [0.15, 0.2) is 0 Å². The first kappa shape index (κ1) is 36.1. The Bertz CT molecular complexity index is 99.8. The number of aliphatic hydroxyl groups excluding tert-OH is 3. The molecule has 0 unspecified atom stereocenters. The van der Waals surface area contributed by atoms with Crippen LogP contribution in [0, 0.1) is 5.41 Å². The van der Waals surface area contributed by atoms with Gasteiger partial charge in [0.25, 0.3) is 0 Å². The van der Waals surface area contributed by atoms with E-state index in [2.05, 4.69) is 0 Å². The second-order valence-electron chi connectivity index (χ2n) is 3.11. The summed E-state index contributed by atoms with van der Waals surface area (Å²) in [5.41, 5.74) is -0.667. The second kappa shape index (κ2) is 25.5. The van der Waals surface area contributed by atoms with Gasteiger partial charge in [-0.3, -0.25) is 14.1 Å². The molecule has 0 aliphatic heterocycles. The molecule has 0 aromatic rings. The van der Waals surface area contributed by atoms with Gasteiger partial charge in [0.2, 0.25) is 0 Å². The molecule has 0 fully saturated rings. The van der Waals surface area contributed by atoms with Gasteiger partial charge in [-0.1, -0.05) is 6.92 Å². The zero-order valence-electron chi connectivity index (χ0n) is 11.3. The first-order valence-corrected chi connectivity index (χ1v) is 5.06. The fourth-order valence-electron chi connectivity index (χ4n) is 0.690. The van der Waals surface area contributed by atoms with Gasteiger partial charge in [-0.15, -0.1) is 0 Å². The largest absolute Gasteiger partial charge is 0.396 e. The molecule has 3 N–H and O–H groups in total. The van der Waals surface area contributed by atoms with Crippen LogP contribution in [0.5, 0.6) is 0 Å². The summed E-state index contributed by atoms with van der Waals surface area (Å²) >= 11 is 0. The van der Waals surface area contributed by atoms with Crippen molar-refractivity contribution in [2.45, 2.75) is 27.2 Å². The SMILES string of the molecule is CCC(CO)(CO)CO.CCOCC.F.F.F.[B]. The van der Waals surface area contributed by atoms with E-state index in [-0.39, 0.29) is 42.3 Å². The number of aliphatic hydroxyl groups is 3. The highest BCUT2D eigenvalue weighted by molar-refractivity contribution is 5.75. The molecule has 0 rings (SSSR count). The molecule has 0 saturated heterocycles. The Hall–Kier alpha value is -0.305. The molecule has 0 saturated carbocycles. The predicted octanol–water partition coefficient (Wildman–Crippen LogP) is 0.479. The lowest BCUT2D eigenvalue weighted by atomic mass is 9.88. The van der Waals surface area contributed by atoms with Crippen molar-refractivity contribution >= 4 is 8.41 Å². The number of hydrogen-bond acceptors (Lipinski definition) is 4. The van der Waals surface area contributed by atoms with Crippen molar-refractivity contribution < 1.29 is 34.2 Å². The van der Waals surface area contributed by atoms with Crippen LogP contribution in [0.2, 0.25) is 0 Å². The summed E-state index contributed by atoms with van der Waals surface area (Å²) in [5, 5.41) is 26.0. The van der Waals surface area contributed by atoms with E-state index in [9.17, 15) is 0 Å². The molecule has 0 amide bonds. The second-order valence-corrected chi connectivity index (χ2v) is 3.11. The van der Waals surface area contributed by atoms with Gasteiger partial charge in [-0.05, 0) is 20.3 Å². The minimum absolute atomic E-state index is 0. The Morgan fingerprint density at radius 3 is 1.06 bits per heavy atom. The van der Waals surface area contributed by atoms with Crippen LogP contribution >= 0.6 is 0 Å². The smallest absolute Gasteiger partial charge is 0.0531 e. The molecule has 3 radical (unpaired) electrons. The molecule has 0 aromatic heterocycles. The summed E-state index contributed by atoms with van der Waals surface area (Å²) in [5.74, 6) is 0. The summed E-state index contributed by atoms with van der Waals surface area (Å²) in [4.78, 5) is 0. The third-order valence-electron chi connectivity index (χ3n) is 2.16. The average Bonchev–Trinajstić information content (AvgIpc) is 2.24. The summed E-state index contributed by atoms with van der Waals surface area (Å²) in [6.45, 7) is 7.02. The van der Waals surface area contributed by atoms with Crippen LogP contribution in [0.4, 0.5) is 14.1 Å². The number of hydrogen-bond donors (Lipinski definition) is 3. The van der Waals surface area contributed by atoms with Crippen molar-refractivity contribution in [3.63, 3.8) is 0 Å². The van der Waals surface area contributed by atoms with E-state index in [4.69, 9.17) is 20.1 Å². The van der Waals surface area contributed by atoms with Crippen LogP contribution < -0.4 is 0 Å². The normalized spacial score (nSPS) is 8.33. The highest BCUT2D eigenvalue weighted by Gasteiger charge is 2.24. The summed E-state index contributed by atoms with van der Waals surface area (Å²) < 4.78 is 4.83. The zero-order valence-corrected chi connectivity index (χ0v) is 11.3. The van der Waals surface area contributed by atoms with E-state index in [1.165, 1.54) is 0 Å². The van der Waals surface area contributed by atoms with Crippen LogP contribution in [0.1, 0.15) is 27.2 Å². The van der Waals surface area contributed by atoms with Gasteiger partial charge in [0, 0.05) is 27.0 Å². The molecular weight excluding hydrogens is 252 g/mol. The van der Waals surface area contributed by atoms with Gasteiger partial charge < -0.3 is 20.1 Å². The Morgan fingerprint density at radius 2 is 1.06 bits per heavy atom. The number of ether oxygens (including phenoxy) is 1. The zero-order chi connectivity index (χ0) is 11.4. The number of rotatable bonds is 6. The quantitative estimate of drug-likeness (QED) is 0.618. The fraction of sp³-hybridized carbons (Fsp3) is 1.00. The van der Waals surface area contributed by atoms with Crippen LogP contribution in [-0.4, -0.2) is 56.8 Å². The van der Waals surface area contributed by atoms with E-state index in [0.717, 1.165) is 13.2 Å². The standard InChI is InChI=1S/C6H14O3.C4H10O.B.3FH/c1-2-6(3-7,4-8)5-9;1-3-5-4-2;;;;/h7-9H,2-5H2,1H3;3-4H2,1-2H3;;3*1H. The first-order chi connectivity index (χ1) is 6.66. The molecule has 8 heteroatoms. The Balaban J connectivity index is -0.0000000359. The maximum absolute atomic E-state index is 8.66. The van der Waals surface area contributed by atoms with Gasteiger partial charge in [0.1, 0.15) is 0 Å². The highest BCUT2D eigenvalue weighted by atomic mass is 19.0. The van der Waals surface area contributed by atoms with Crippen LogP contribution in [-0.2, 0) is 4.74 Å². The van der Waals surface area contributed by atoms with E-state index in [1.54, 1.807) is 0 Å². The van der Waals surface area contributed by atoms with E-state index >= 15 is 0 Å². The van der Waals surface area contributed by atoms with E-state index < -0.39 is 5.41 Å². The molecular formula is C10H27BF3O4. The Kier molecular flexibility index (Phi) is 51.1. The lowest BCUT2D eigenvalue weighted by Gasteiger charge is -2.24. The molecule has 18 heavy (non-hydrogen) atoms. The summed E-state index contributed by atoms with van der Waals surface area (Å²) in [7, 11) is 0. The van der Waals surface area contributed by atoms with Crippen molar-refractivity contribution in [3.05, 3.63) is 0 Å². The monoisotopic (exact) mass is 279 g/mol. The fourth-order valence-corrected chi connectivity index (χ4v) is 0.690. The van der Waals surface area contributed by atoms with Crippen LogP contribution in [0.3, 0.4) is 0 Å². The van der Waals surface area contributed by atoms with Crippen LogP contribution in [0.25, 0.3) is 0 Å². The summed E-state index contributed by atoms with van der Waals surface area (Å²) in [6, 6.07) is 0.